The molecule has 26 heavy (non-hydrogen) atoms. The fourth-order valence-electron chi connectivity index (χ4n) is 2.22. The number of benzene rings is 2. The molecule has 1 aromatic heterocycles. The predicted molar refractivity (Wildman–Crippen MR) is 97.3 cm³/mol. The fraction of sp³-hybridized carbons (Fsp3) is 0.105. The number of anilines is 3. The molecule has 0 aliphatic heterocycles. The van der Waals surface area contributed by atoms with E-state index in [2.05, 4.69) is 20.6 Å². The predicted octanol–water partition coefficient (Wildman–Crippen LogP) is 4.01. The molecule has 0 bridgehead atoms. The van der Waals surface area contributed by atoms with Gasteiger partial charge in [0.15, 0.2) is 0 Å². The summed E-state index contributed by atoms with van der Waals surface area (Å²) in [4.78, 5) is 20.5. The zero-order valence-electron chi connectivity index (χ0n) is 14.1. The van der Waals surface area contributed by atoms with Crippen molar-refractivity contribution in [1.29, 1.82) is 0 Å². The van der Waals surface area contributed by atoms with Crippen LogP contribution in [-0.4, -0.2) is 22.5 Å². The van der Waals surface area contributed by atoms with E-state index in [0.717, 1.165) is 11.4 Å². The van der Waals surface area contributed by atoms with Crippen molar-refractivity contribution in [3.8, 4) is 5.75 Å². The van der Waals surface area contributed by atoms with Gasteiger partial charge in [-0.3, -0.25) is 4.79 Å². The Morgan fingerprint density at radius 2 is 1.88 bits per heavy atom. The molecule has 3 aromatic rings. The van der Waals surface area contributed by atoms with E-state index >= 15 is 0 Å². The average Bonchev–Trinajstić information content (AvgIpc) is 2.66. The van der Waals surface area contributed by atoms with Crippen molar-refractivity contribution in [2.24, 2.45) is 0 Å². The van der Waals surface area contributed by atoms with Crippen LogP contribution in [0.15, 0.2) is 60.8 Å². The van der Waals surface area contributed by atoms with Crippen LogP contribution in [0, 0.1) is 5.82 Å². The van der Waals surface area contributed by atoms with Crippen LogP contribution in [0.3, 0.4) is 0 Å². The zero-order valence-corrected chi connectivity index (χ0v) is 14.1. The lowest BCUT2D eigenvalue weighted by molar-refractivity contribution is 0.102. The molecule has 7 heteroatoms. The van der Waals surface area contributed by atoms with Crippen LogP contribution in [0.2, 0.25) is 0 Å². The standard InChI is InChI=1S/C19H17FN4O2/c1-2-26-14-9-7-13(8-10-14)22-19-21-12-11-17(24-19)18(25)23-16-6-4-3-5-15(16)20/h3-12H,2H2,1H3,(H,23,25)(H,21,22,24). The maximum atomic E-state index is 13.6. The summed E-state index contributed by atoms with van der Waals surface area (Å²) in [5.41, 5.74) is 0.967. The Morgan fingerprint density at radius 3 is 2.62 bits per heavy atom. The molecule has 0 atom stereocenters. The Kier molecular flexibility index (Phi) is 5.38. The van der Waals surface area contributed by atoms with Gasteiger partial charge in [-0.15, -0.1) is 0 Å². The van der Waals surface area contributed by atoms with Crippen molar-refractivity contribution in [1.82, 2.24) is 9.97 Å². The highest BCUT2D eigenvalue weighted by atomic mass is 19.1. The molecule has 0 radical (unpaired) electrons. The molecule has 1 heterocycles. The first-order valence-electron chi connectivity index (χ1n) is 8.04. The van der Waals surface area contributed by atoms with Crippen LogP contribution >= 0.6 is 0 Å². The molecular weight excluding hydrogens is 335 g/mol. The van der Waals surface area contributed by atoms with Gasteiger partial charge in [0.05, 0.1) is 12.3 Å². The molecule has 6 nitrogen and oxygen atoms in total. The number of nitrogens with zero attached hydrogens (tertiary/aromatic N) is 2. The number of hydrogen-bond acceptors (Lipinski definition) is 5. The van der Waals surface area contributed by atoms with E-state index in [0.29, 0.717) is 6.61 Å². The summed E-state index contributed by atoms with van der Waals surface area (Å²) >= 11 is 0. The van der Waals surface area contributed by atoms with E-state index in [1.807, 2.05) is 31.2 Å². The molecule has 0 saturated carbocycles. The van der Waals surface area contributed by atoms with E-state index in [-0.39, 0.29) is 17.3 Å². The second kappa shape index (κ2) is 8.06. The summed E-state index contributed by atoms with van der Waals surface area (Å²) in [7, 11) is 0. The van der Waals surface area contributed by atoms with Crippen molar-refractivity contribution in [3.63, 3.8) is 0 Å². The molecule has 0 unspecified atom stereocenters. The Balaban J connectivity index is 1.71. The largest absolute Gasteiger partial charge is 0.494 e. The van der Waals surface area contributed by atoms with Gasteiger partial charge in [0.25, 0.3) is 5.91 Å². The van der Waals surface area contributed by atoms with Crippen molar-refractivity contribution < 1.29 is 13.9 Å². The van der Waals surface area contributed by atoms with Gasteiger partial charge in [0, 0.05) is 11.9 Å². The Bertz CT molecular complexity index is 900. The number of nitrogens with one attached hydrogen (secondary N) is 2. The lowest BCUT2D eigenvalue weighted by Gasteiger charge is -2.09. The highest BCUT2D eigenvalue weighted by molar-refractivity contribution is 6.03. The Hall–Kier alpha value is -3.48. The number of hydrogen-bond donors (Lipinski definition) is 2. The van der Waals surface area contributed by atoms with Gasteiger partial charge in [0.2, 0.25) is 5.95 Å². The maximum absolute atomic E-state index is 13.6. The first-order valence-corrected chi connectivity index (χ1v) is 8.04. The quantitative estimate of drug-likeness (QED) is 0.701. The number of para-hydroxylation sites is 1. The van der Waals surface area contributed by atoms with Crippen molar-refractivity contribution in [2.75, 3.05) is 17.2 Å². The fourth-order valence-corrected chi connectivity index (χ4v) is 2.22. The molecule has 3 rings (SSSR count). The number of carbonyl (C=O) groups is 1. The van der Waals surface area contributed by atoms with Crippen molar-refractivity contribution in [3.05, 3.63) is 72.3 Å². The number of ether oxygens (including phenoxy) is 1. The van der Waals surface area contributed by atoms with Crippen LogP contribution in [0.4, 0.5) is 21.7 Å². The molecule has 2 aromatic carbocycles. The van der Waals surface area contributed by atoms with Crippen LogP contribution < -0.4 is 15.4 Å². The van der Waals surface area contributed by atoms with Crippen molar-refractivity contribution in [2.45, 2.75) is 6.92 Å². The van der Waals surface area contributed by atoms with Crippen LogP contribution in [0.25, 0.3) is 0 Å². The van der Waals surface area contributed by atoms with Gasteiger partial charge < -0.3 is 15.4 Å². The van der Waals surface area contributed by atoms with Gasteiger partial charge >= 0.3 is 0 Å². The number of aromatic nitrogens is 2. The second-order valence-electron chi connectivity index (χ2n) is 5.28. The lowest BCUT2D eigenvalue weighted by Crippen LogP contribution is -2.15. The summed E-state index contributed by atoms with van der Waals surface area (Å²) in [6.07, 6.45) is 1.46. The van der Waals surface area contributed by atoms with E-state index in [4.69, 9.17) is 4.74 Å². The lowest BCUT2D eigenvalue weighted by atomic mass is 10.3. The number of amides is 1. The monoisotopic (exact) mass is 352 g/mol. The highest BCUT2D eigenvalue weighted by Crippen LogP contribution is 2.18. The maximum Gasteiger partial charge on any atom is 0.274 e. The van der Waals surface area contributed by atoms with Crippen LogP contribution in [-0.2, 0) is 0 Å². The van der Waals surface area contributed by atoms with Crippen molar-refractivity contribution >= 4 is 23.2 Å². The smallest absolute Gasteiger partial charge is 0.274 e. The van der Waals surface area contributed by atoms with Crippen LogP contribution in [0.5, 0.6) is 5.75 Å². The summed E-state index contributed by atoms with van der Waals surface area (Å²) in [5, 5.41) is 5.50. The minimum absolute atomic E-state index is 0.0946. The van der Waals surface area contributed by atoms with Gasteiger partial charge in [-0.05, 0) is 49.4 Å². The van der Waals surface area contributed by atoms with Crippen LogP contribution in [0.1, 0.15) is 17.4 Å². The molecule has 0 saturated heterocycles. The normalized spacial score (nSPS) is 10.2. The third kappa shape index (κ3) is 4.32. The Labute approximate surface area is 150 Å². The zero-order chi connectivity index (χ0) is 18.4. The number of halogens is 1. The van der Waals surface area contributed by atoms with Gasteiger partial charge in [-0.25, -0.2) is 14.4 Å². The minimum Gasteiger partial charge on any atom is -0.494 e. The molecule has 1 amide bonds. The first-order chi connectivity index (χ1) is 12.7. The Morgan fingerprint density at radius 1 is 1.12 bits per heavy atom. The molecule has 0 aliphatic carbocycles. The van der Waals surface area contributed by atoms with E-state index in [1.54, 1.807) is 12.1 Å². The second-order valence-corrected chi connectivity index (χ2v) is 5.28. The van der Waals surface area contributed by atoms with Gasteiger partial charge in [-0.2, -0.15) is 0 Å². The third-order valence-electron chi connectivity index (χ3n) is 3.43. The molecule has 2 N–H and O–H groups in total. The summed E-state index contributed by atoms with van der Waals surface area (Å²) < 4.78 is 19.0. The summed E-state index contributed by atoms with van der Waals surface area (Å²) in [6, 6.07) is 14.7. The SMILES string of the molecule is CCOc1ccc(Nc2nccc(C(=O)Nc3ccccc3F)n2)cc1. The minimum atomic E-state index is -0.521. The molecule has 0 fully saturated rings. The molecule has 0 spiro atoms. The highest BCUT2D eigenvalue weighted by Gasteiger charge is 2.11. The van der Waals surface area contributed by atoms with E-state index in [9.17, 15) is 9.18 Å². The van der Waals surface area contributed by atoms with E-state index in [1.165, 1.54) is 24.4 Å². The molecule has 0 aliphatic rings. The number of carbonyl (C=O) groups excluding carboxylic acids is 1. The average molecular weight is 352 g/mol. The van der Waals surface area contributed by atoms with E-state index < -0.39 is 11.7 Å². The molecule has 132 valence electrons. The number of rotatable bonds is 6. The van der Waals surface area contributed by atoms with Gasteiger partial charge in [-0.1, -0.05) is 12.1 Å². The molecular formula is C19H17FN4O2. The third-order valence-corrected chi connectivity index (χ3v) is 3.43. The van der Waals surface area contributed by atoms with Gasteiger partial charge in [0.1, 0.15) is 17.3 Å². The topological polar surface area (TPSA) is 76.1 Å². The summed E-state index contributed by atoms with van der Waals surface area (Å²) in [6.45, 7) is 2.51. The first kappa shape index (κ1) is 17.3. The summed E-state index contributed by atoms with van der Waals surface area (Å²) in [5.74, 6) is -0.0118.